The average molecular weight is 222 g/mol. The van der Waals surface area contributed by atoms with Gasteiger partial charge in [0.1, 0.15) is 6.04 Å². The van der Waals surface area contributed by atoms with Gasteiger partial charge in [-0.1, -0.05) is 30.3 Å². The number of rotatable bonds is 5. The van der Waals surface area contributed by atoms with Crippen molar-refractivity contribution in [1.82, 2.24) is 5.32 Å². The first-order valence-electron chi connectivity index (χ1n) is 4.92. The summed E-state index contributed by atoms with van der Waals surface area (Å²) in [5.41, 5.74) is 6.13. The fourth-order valence-corrected chi connectivity index (χ4v) is 1.39. The van der Waals surface area contributed by atoms with Gasteiger partial charge in [-0.05, 0) is 18.4 Å². The predicted molar refractivity (Wildman–Crippen MR) is 58.9 cm³/mol. The first-order chi connectivity index (χ1) is 7.59. The van der Waals surface area contributed by atoms with Crippen molar-refractivity contribution in [3.05, 3.63) is 35.9 Å². The van der Waals surface area contributed by atoms with E-state index < -0.39 is 18.0 Å². The van der Waals surface area contributed by atoms with Gasteiger partial charge in [0.15, 0.2) is 0 Å². The Bertz CT molecular complexity index is 365. The summed E-state index contributed by atoms with van der Waals surface area (Å²) in [6.45, 7) is 0. The Morgan fingerprint density at radius 2 is 1.94 bits per heavy atom. The molecular weight excluding hydrogens is 208 g/mol. The molecule has 86 valence electrons. The van der Waals surface area contributed by atoms with Crippen molar-refractivity contribution in [2.75, 3.05) is 0 Å². The van der Waals surface area contributed by atoms with E-state index >= 15 is 0 Å². The van der Waals surface area contributed by atoms with Crippen molar-refractivity contribution in [2.24, 2.45) is 5.73 Å². The third kappa shape index (κ3) is 4.00. The molecule has 1 rings (SSSR count). The van der Waals surface area contributed by atoms with E-state index in [1.807, 2.05) is 30.3 Å². The first kappa shape index (κ1) is 12.0. The van der Waals surface area contributed by atoms with Crippen molar-refractivity contribution >= 4 is 12.0 Å². The second kappa shape index (κ2) is 5.75. The predicted octanol–water partition coefficient (Wildman–Crippen LogP) is 0.741. The van der Waals surface area contributed by atoms with E-state index in [0.29, 0.717) is 12.8 Å². The van der Waals surface area contributed by atoms with Crippen LogP contribution in [0.3, 0.4) is 0 Å². The van der Waals surface area contributed by atoms with E-state index in [1.54, 1.807) is 0 Å². The highest BCUT2D eigenvalue weighted by Crippen LogP contribution is 2.04. The second-order valence-corrected chi connectivity index (χ2v) is 3.43. The van der Waals surface area contributed by atoms with E-state index in [-0.39, 0.29) is 0 Å². The molecule has 2 amide bonds. The number of carbonyl (C=O) groups is 2. The molecular formula is C11H14N2O3. The molecule has 1 atom stereocenters. The van der Waals surface area contributed by atoms with Gasteiger partial charge in [-0.3, -0.25) is 4.79 Å². The summed E-state index contributed by atoms with van der Waals surface area (Å²) < 4.78 is 0. The Hall–Kier alpha value is -2.04. The summed E-state index contributed by atoms with van der Waals surface area (Å²) in [4.78, 5) is 21.4. The molecule has 5 heteroatoms. The minimum atomic E-state index is -1.24. The molecule has 0 aliphatic heterocycles. The zero-order chi connectivity index (χ0) is 12.0. The standard InChI is InChI=1S/C11H14N2O3/c12-10(14)9(13-11(15)16)7-6-8-4-2-1-3-5-8/h1-5,9,13H,6-7H2,(H2,12,14)(H,15,16). The molecule has 5 nitrogen and oxygen atoms in total. The molecule has 1 aromatic carbocycles. The van der Waals surface area contributed by atoms with Crippen LogP contribution in [0.4, 0.5) is 4.79 Å². The van der Waals surface area contributed by atoms with Gasteiger partial charge in [-0.15, -0.1) is 0 Å². The third-order valence-electron chi connectivity index (χ3n) is 2.21. The van der Waals surface area contributed by atoms with Crippen LogP contribution < -0.4 is 11.1 Å². The Labute approximate surface area is 93.3 Å². The van der Waals surface area contributed by atoms with Crippen molar-refractivity contribution in [2.45, 2.75) is 18.9 Å². The zero-order valence-electron chi connectivity index (χ0n) is 8.72. The molecule has 0 saturated heterocycles. The van der Waals surface area contributed by atoms with Crippen LogP contribution in [-0.2, 0) is 11.2 Å². The number of hydrogen-bond acceptors (Lipinski definition) is 2. The molecule has 0 aliphatic carbocycles. The summed E-state index contributed by atoms with van der Waals surface area (Å²) in [6.07, 6.45) is -0.266. The van der Waals surface area contributed by atoms with E-state index in [9.17, 15) is 9.59 Å². The minimum Gasteiger partial charge on any atom is -0.465 e. The van der Waals surface area contributed by atoms with Crippen molar-refractivity contribution < 1.29 is 14.7 Å². The molecule has 0 spiro atoms. The molecule has 0 aromatic heterocycles. The van der Waals surface area contributed by atoms with E-state index in [4.69, 9.17) is 10.8 Å². The Balaban J connectivity index is 2.50. The number of nitrogens with two attached hydrogens (primary N) is 1. The highest BCUT2D eigenvalue weighted by atomic mass is 16.4. The average Bonchev–Trinajstić information content (AvgIpc) is 2.25. The van der Waals surface area contributed by atoms with Crippen LogP contribution in [0.25, 0.3) is 0 Å². The van der Waals surface area contributed by atoms with Crippen molar-refractivity contribution in [3.63, 3.8) is 0 Å². The van der Waals surface area contributed by atoms with Gasteiger partial charge in [-0.25, -0.2) is 4.79 Å². The number of aryl methyl sites for hydroxylation is 1. The van der Waals surface area contributed by atoms with Crippen molar-refractivity contribution in [1.29, 1.82) is 0 Å². The Morgan fingerprint density at radius 1 is 1.31 bits per heavy atom. The molecule has 0 bridgehead atoms. The Kier molecular flexibility index (Phi) is 4.32. The van der Waals surface area contributed by atoms with Crippen LogP contribution in [0.15, 0.2) is 30.3 Å². The van der Waals surface area contributed by atoms with Gasteiger partial charge in [-0.2, -0.15) is 0 Å². The fourth-order valence-electron chi connectivity index (χ4n) is 1.39. The zero-order valence-corrected chi connectivity index (χ0v) is 8.72. The summed E-state index contributed by atoms with van der Waals surface area (Å²) >= 11 is 0. The van der Waals surface area contributed by atoms with E-state index in [0.717, 1.165) is 5.56 Å². The number of hydrogen-bond donors (Lipinski definition) is 3. The van der Waals surface area contributed by atoms with Crippen LogP contribution in [0, 0.1) is 0 Å². The van der Waals surface area contributed by atoms with Gasteiger partial charge in [0, 0.05) is 0 Å². The topological polar surface area (TPSA) is 92.4 Å². The first-order valence-corrected chi connectivity index (χ1v) is 4.92. The number of amides is 2. The van der Waals surface area contributed by atoms with E-state index in [2.05, 4.69) is 5.32 Å². The number of primary amides is 1. The highest BCUT2D eigenvalue weighted by Gasteiger charge is 2.16. The number of carbonyl (C=O) groups excluding carboxylic acids is 1. The molecule has 4 N–H and O–H groups in total. The minimum absolute atomic E-state index is 0.367. The van der Waals surface area contributed by atoms with Crippen LogP contribution in [0.2, 0.25) is 0 Å². The van der Waals surface area contributed by atoms with Gasteiger partial charge in [0.2, 0.25) is 5.91 Å². The lowest BCUT2D eigenvalue weighted by Crippen LogP contribution is -2.44. The van der Waals surface area contributed by atoms with E-state index in [1.165, 1.54) is 0 Å². The fraction of sp³-hybridized carbons (Fsp3) is 0.273. The molecule has 16 heavy (non-hydrogen) atoms. The molecule has 1 aromatic rings. The van der Waals surface area contributed by atoms with Gasteiger partial charge >= 0.3 is 6.09 Å². The molecule has 0 fully saturated rings. The monoisotopic (exact) mass is 222 g/mol. The molecule has 0 heterocycles. The molecule has 0 aliphatic rings. The lowest BCUT2D eigenvalue weighted by atomic mass is 10.1. The summed E-state index contributed by atoms with van der Waals surface area (Å²) in [6, 6.07) is 8.67. The summed E-state index contributed by atoms with van der Waals surface area (Å²) in [5, 5.41) is 10.6. The van der Waals surface area contributed by atoms with Gasteiger partial charge < -0.3 is 16.2 Å². The molecule has 1 unspecified atom stereocenters. The lowest BCUT2D eigenvalue weighted by Gasteiger charge is -2.12. The van der Waals surface area contributed by atoms with Gasteiger partial charge in [0.05, 0.1) is 0 Å². The van der Waals surface area contributed by atoms with Crippen LogP contribution in [-0.4, -0.2) is 23.1 Å². The summed E-state index contributed by atoms with van der Waals surface area (Å²) in [5.74, 6) is -0.654. The lowest BCUT2D eigenvalue weighted by molar-refractivity contribution is -0.120. The number of carboxylic acid groups (broad SMARTS) is 1. The Morgan fingerprint density at radius 3 is 2.44 bits per heavy atom. The highest BCUT2D eigenvalue weighted by molar-refractivity contribution is 5.83. The summed E-state index contributed by atoms with van der Waals surface area (Å²) in [7, 11) is 0. The maximum Gasteiger partial charge on any atom is 0.405 e. The van der Waals surface area contributed by atoms with Gasteiger partial charge in [0.25, 0.3) is 0 Å². The normalized spacial score (nSPS) is 11.8. The van der Waals surface area contributed by atoms with Crippen molar-refractivity contribution in [3.8, 4) is 0 Å². The molecule has 0 saturated carbocycles. The number of benzene rings is 1. The largest absolute Gasteiger partial charge is 0.465 e. The van der Waals surface area contributed by atoms with Crippen LogP contribution in [0.5, 0.6) is 0 Å². The number of nitrogens with one attached hydrogen (secondary N) is 1. The SMILES string of the molecule is NC(=O)C(CCc1ccccc1)NC(=O)O. The maximum atomic E-state index is 11.0. The van der Waals surface area contributed by atoms with Crippen LogP contribution in [0.1, 0.15) is 12.0 Å². The smallest absolute Gasteiger partial charge is 0.405 e. The molecule has 0 radical (unpaired) electrons. The maximum absolute atomic E-state index is 11.0. The second-order valence-electron chi connectivity index (χ2n) is 3.43. The van der Waals surface area contributed by atoms with Crippen LogP contribution >= 0.6 is 0 Å². The third-order valence-corrected chi connectivity index (χ3v) is 2.21. The quantitative estimate of drug-likeness (QED) is 0.686.